The van der Waals surface area contributed by atoms with Gasteiger partial charge >= 0.3 is 0 Å². The van der Waals surface area contributed by atoms with Gasteiger partial charge in [-0.1, -0.05) is 39.7 Å². The molecule has 1 aromatic carbocycles. The van der Waals surface area contributed by atoms with E-state index in [1.54, 1.807) is 37.3 Å². The average molecular weight is 327 g/mol. The van der Waals surface area contributed by atoms with Crippen LogP contribution in [0.25, 0.3) is 0 Å². The Labute approximate surface area is 116 Å². The highest BCUT2D eigenvalue weighted by atomic mass is 79.9. The second-order valence-electron chi connectivity index (χ2n) is 4.76. The average Bonchev–Trinajstić information content (AvgIpc) is 2.33. The fourth-order valence-corrected chi connectivity index (χ4v) is 3.74. The minimum Gasteiger partial charge on any atom is -0.223 e. The van der Waals surface area contributed by atoms with Crippen LogP contribution in [0.4, 0.5) is 0 Å². The van der Waals surface area contributed by atoms with Crippen molar-refractivity contribution in [3.63, 3.8) is 0 Å². The van der Waals surface area contributed by atoms with Crippen molar-refractivity contribution in [2.75, 3.05) is 0 Å². The SMILES string of the molecule is CC1=CCC(C)(S(=O)(=O)c2ccc(Br)cc2)C=C1. The highest BCUT2D eigenvalue weighted by Crippen LogP contribution is 2.34. The van der Waals surface area contributed by atoms with Gasteiger partial charge in [-0.3, -0.25) is 0 Å². The Bertz CT molecular complexity index is 612. The lowest BCUT2D eigenvalue weighted by atomic mass is 9.98. The molecule has 1 unspecified atom stereocenters. The molecule has 0 fully saturated rings. The van der Waals surface area contributed by atoms with Crippen LogP contribution in [-0.2, 0) is 9.84 Å². The fraction of sp³-hybridized carbons (Fsp3) is 0.286. The van der Waals surface area contributed by atoms with Gasteiger partial charge in [-0.15, -0.1) is 0 Å². The van der Waals surface area contributed by atoms with Gasteiger partial charge in [-0.2, -0.15) is 0 Å². The van der Waals surface area contributed by atoms with Gasteiger partial charge in [-0.05, 0) is 44.5 Å². The van der Waals surface area contributed by atoms with Crippen molar-refractivity contribution in [1.82, 2.24) is 0 Å². The number of hydrogen-bond acceptors (Lipinski definition) is 2. The summed E-state index contributed by atoms with van der Waals surface area (Å²) in [6.45, 7) is 3.74. The summed E-state index contributed by atoms with van der Waals surface area (Å²) in [5, 5.41) is 0. The van der Waals surface area contributed by atoms with Crippen molar-refractivity contribution in [2.24, 2.45) is 0 Å². The second-order valence-corrected chi connectivity index (χ2v) is 8.08. The number of sulfone groups is 1. The van der Waals surface area contributed by atoms with Crippen LogP contribution in [0, 0.1) is 0 Å². The number of rotatable bonds is 2. The van der Waals surface area contributed by atoms with E-state index in [4.69, 9.17) is 0 Å². The number of allylic oxidation sites excluding steroid dienone is 3. The summed E-state index contributed by atoms with van der Waals surface area (Å²) in [5.74, 6) is 0. The Balaban J connectivity index is 2.44. The molecule has 96 valence electrons. The van der Waals surface area contributed by atoms with Gasteiger partial charge in [0.25, 0.3) is 0 Å². The summed E-state index contributed by atoms with van der Waals surface area (Å²) in [5.41, 5.74) is 1.11. The van der Waals surface area contributed by atoms with Gasteiger partial charge in [0.05, 0.1) is 9.64 Å². The summed E-state index contributed by atoms with van der Waals surface area (Å²) in [7, 11) is -3.35. The smallest absolute Gasteiger partial charge is 0.187 e. The van der Waals surface area contributed by atoms with E-state index in [0.29, 0.717) is 11.3 Å². The van der Waals surface area contributed by atoms with Crippen LogP contribution in [0.3, 0.4) is 0 Å². The van der Waals surface area contributed by atoms with Crippen molar-refractivity contribution < 1.29 is 8.42 Å². The summed E-state index contributed by atoms with van der Waals surface area (Å²) in [4.78, 5) is 0.366. The van der Waals surface area contributed by atoms with Crippen molar-refractivity contribution in [3.8, 4) is 0 Å². The van der Waals surface area contributed by atoms with Gasteiger partial charge in [0, 0.05) is 4.47 Å². The summed E-state index contributed by atoms with van der Waals surface area (Å²) < 4.78 is 25.3. The van der Waals surface area contributed by atoms with Gasteiger partial charge in [0.1, 0.15) is 0 Å². The van der Waals surface area contributed by atoms with Gasteiger partial charge in [0.15, 0.2) is 9.84 Å². The Morgan fingerprint density at radius 1 is 1.22 bits per heavy atom. The van der Waals surface area contributed by atoms with Gasteiger partial charge in [-0.25, -0.2) is 8.42 Å². The van der Waals surface area contributed by atoms with Crippen molar-refractivity contribution in [3.05, 3.63) is 52.5 Å². The van der Waals surface area contributed by atoms with Crippen molar-refractivity contribution in [2.45, 2.75) is 29.9 Å². The predicted molar refractivity (Wildman–Crippen MR) is 77.2 cm³/mol. The molecule has 0 radical (unpaired) electrons. The Hall–Kier alpha value is -0.870. The van der Waals surface area contributed by atoms with Crippen LogP contribution < -0.4 is 0 Å². The van der Waals surface area contributed by atoms with E-state index < -0.39 is 14.6 Å². The van der Waals surface area contributed by atoms with Crippen molar-refractivity contribution in [1.29, 1.82) is 0 Å². The summed E-state index contributed by atoms with van der Waals surface area (Å²) in [6.07, 6.45) is 6.16. The highest BCUT2D eigenvalue weighted by Gasteiger charge is 2.38. The van der Waals surface area contributed by atoms with E-state index in [-0.39, 0.29) is 0 Å². The minimum atomic E-state index is -3.35. The molecule has 0 saturated heterocycles. The molecule has 0 heterocycles. The third kappa shape index (κ3) is 2.31. The molecule has 0 aromatic heterocycles. The molecule has 18 heavy (non-hydrogen) atoms. The van der Waals surface area contributed by atoms with Crippen LogP contribution >= 0.6 is 15.9 Å². The van der Waals surface area contributed by atoms with E-state index in [1.165, 1.54) is 0 Å². The lowest BCUT2D eigenvalue weighted by molar-refractivity contribution is 0.562. The molecule has 1 atom stereocenters. The van der Waals surface area contributed by atoms with Crippen LogP contribution in [0.2, 0.25) is 0 Å². The van der Waals surface area contributed by atoms with Crippen LogP contribution in [0.1, 0.15) is 20.3 Å². The molecule has 4 heteroatoms. The second kappa shape index (κ2) is 4.67. The molecule has 1 aliphatic carbocycles. The molecule has 0 spiro atoms. The predicted octanol–water partition coefficient (Wildman–Crippen LogP) is 3.89. The largest absolute Gasteiger partial charge is 0.223 e. The third-order valence-corrected chi connectivity index (χ3v) is 6.22. The van der Waals surface area contributed by atoms with Crippen LogP contribution in [-0.4, -0.2) is 13.2 Å². The summed E-state index contributed by atoms with van der Waals surface area (Å²) in [6, 6.07) is 6.79. The molecule has 0 saturated carbocycles. The maximum atomic E-state index is 12.6. The van der Waals surface area contributed by atoms with E-state index in [1.807, 2.05) is 19.1 Å². The zero-order valence-electron chi connectivity index (χ0n) is 10.4. The van der Waals surface area contributed by atoms with E-state index in [0.717, 1.165) is 10.0 Å². The van der Waals surface area contributed by atoms with Crippen LogP contribution in [0.15, 0.2) is 57.4 Å². The third-order valence-electron chi connectivity index (χ3n) is 3.27. The first-order valence-electron chi connectivity index (χ1n) is 5.71. The number of halogens is 1. The fourth-order valence-electron chi connectivity index (χ4n) is 1.89. The first-order chi connectivity index (χ1) is 8.35. The molecule has 1 aromatic rings. The minimum absolute atomic E-state index is 0.366. The lowest BCUT2D eigenvalue weighted by Crippen LogP contribution is -2.34. The van der Waals surface area contributed by atoms with Gasteiger partial charge < -0.3 is 0 Å². The van der Waals surface area contributed by atoms with E-state index in [9.17, 15) is 8.42 Å². The topological polar surface area (TPSA) is 34.1 Å². The first kappa shape index (κ1) is 13.6. The standard InChI is InChI=1S/C14H15BrO2S/c1-11-7-9-14(2,10-8-11)18(16,17)13-5-3-12(15)4-6-13/h3-9H,10H2,1-2H3. The molecular formula is C14H15BrO2S. The van der Waals surface area contributed by atoms with Gasteiger partial charge in [0.2, 0.25) is 0 Å². The monoisotopic (exact) mass is 326 g/mol. The number of benzene rings is 1. The maximum absolute atomic E-state index is 12.6. The Morgan fingerprint density at radius 2 is 1.83 bits per heavy atom. The Kier molecular flexibility index (Phi) is 3.52. The zero-order valence-corrected chi connectivity index (χ0v) is 12.8. The molecule has 0 bridgehead atoms. The molecule has 2 rings (SSSR count). The molecule has 0 aliphatic heterocycles. The Morgan fingerprint density at radius 3 is 2.33 bits per heavy atom. The lowest BCUT2D eigenvalue weighted by Gasteiger charge is -2.27. The first-order valence-corrected chi connectivity index (χ1v) is 7.99. The van der Waals surface area contributed by atoms with Crippen LogP contribution in [0.5, 0.6) is 0 Å². The van der Waals surface area contributed by atoms with E-state index in [2.05, 4.69) is 15.9 Å². The molecule has 0 amide bonds. The maximum Gasteiger partial charge on any atom is 0.187 e. The molecular weight excluding hydrogens is 312 g/mol. The zero-order chi connectivity index (χ0) is 13.4. The quantitative estimate of drug-likeness (QED) is 0.826. The molecule has 2 nitrogen and oxygen atoms in total. The van der Waals surface area contributed by atoms with Crippen molar-refractivity contribution >= 4 is 25.8 Å². The normalized spacial score (nSPS) is 23.8. The summed E-state index contributed by atoms with van der Waals surface area (Å²) >= 11 is 3.31. The number of hydrogen-bond donors (Lipinski definition) is 0. The molecule has 0 N–H and O–H groups in total. The van der Waals surface area contributed by atoms with E-state index >= 15 is 0 Å². The highest BCUT2D eigenvalue weighted by molar-refractivity contribution is 9.10. The molecule has 1 aliphatic rings.